The summed E-state index contributed by atoms with van der Waals surface area (Å²) < 4.78 is 17.6. The quantitative estimate of drug-likeness (QED) is 0.543. The number of aliphatic hydroxyl groups excluding tert-OH is 1. The van der Waals surface area contributed by atoms with Crippen LogP contribution in [0.15, 0.2) is 23.0 Å². The van der Waals surface area contributed by atoms with Crippen LogP contribution < -0.4 is 0 Å². The topological polar surface area (TPSA) is 68.2 Å². The van der Waals surface area contributed by atoms with E-state index in [1.165, 1.54) is 11.1 Å². The van der Waals surface area contributed by atoms with Gasteiger partial charge in [-0.25, -0.2) is 0 Å². The summed E-state index contributed by atoms with van der Waals surface area (Å²) in [6.07, 6.45) is 9.70. The second-order valence-corrected chi connectivity index (χ2v) is 10.4. The van der Waals surface area contributed by atoms with Gasteiger partial charge in [-0.3, -0.25) is 0 Å². The minimum Gasteiger partial charge on any atom is -0.499 e. The zero-order valence-corrected chi connectivity index (χ0v) is 18.1. The number of aliphatic hydroxyl groups is 2. The van der Waals surface area contributed by atoms with Gasteiger partial charge in [0.05, 0.1) is 25.9 Å². The lowest BCUT2D eigenvalue weighted by atomic mass is 9.45. The lowest BCUT2D eigenvalue weighted by Crippen LogP contribution is -2.63. The number of methoxy groups -OCH3 is 1. The Labute approximate surface area is 174 Å². The van der Waals surface area contributed by atoms with Crippen molar-refractivity contribution >= 4 is 0 Å². The minimum absolute atomic E-state index is 0.0141. The molecule has 5 nitrogen and oxygen atoms in total. The van der Waals surface area contributed by atoms with Crippen LogP contribution >= 0.6 is 0 Å². The Morgan fingerprint density at radius 1 is 1.14 bits per heavy atom. The fourth-order valence-corrected chi connectivity index (χ4v) is 7.84. The molecular formula is C24H36O5. The summed E-state index contributed by atoms with van der Waals surface area (Å²) in [7, 11) is 1.66. The summed E-state index contributed by atoms with van der Waals surface area (Å²) in [5.41, 5.74) is 1.76. The van der Waals surface area contributed by atoms with Crippen molar-refractivity contribution in [2.75, 3.05) is 26.9 Å². The highest BCUT2D eigenvalue weighted by molar-refractivity contribution is 5.35. The Balaban J connectivity index is 1.50. The Hall–Kier alpha value is -0.880. The van der Waals surface area contributed by atoms with Gasteiger partial charge in [-0.2, -0.15) is 0 Å². The predicted octanol–water partition coefficient (Wildman–Crippen LogP) is 3.70. The molecule has 0 aromatic carbocycles. The van der Waals surface area contributed by atoms with E-state index in [1.54, 1.807) is 7.11 Å². The molecule has 1 saturated heterocycles. The maximum Gasteiger partial charge on any atom is 0.172 e. The number of rotatable bonds is 2. The normalized spacial score (nSPS) is 47.3. The molecule has 5 aliphatic rings. The lowest BCUT2D eigenvalue weighted by molar-refractivity contribution is -0.218. The average molecular weight is 405 g/mol. The fraction of sp³-hybridized carbons (Fsp3) is 0.833. The van der Waals surface area contributed by atoms with Gasteiger partial charge in [0.2, 0.25) is 0 Å². The van der Waals surface area contributed by atoms with Crippen LogP contribution in [0.25, 0.3) is 0 Å². The summed E-state index contributed by atoms with van der Waals surface area (Å²) >= 11 is 0. The van der Waals surface area contributed by atoms with Crippen molar-refractivity contribution in [2.24, 2.45) is 22.7 Å². The second-order valence-electron chi connectivity index (χ2n) is 10.4. The molecule has 3 saturated carbocycles. The summed E-state index contributed by atoms with van der Waals surface area (Å²) in [6, 6.07) is 0. The molecule has 0 aromatic rings. The average Bonchev–Trinajstić information content (AvgIpc) is 3.30. The van der Waals surface area contributed by atoms with Crippen LogP contribution in [0.2, 0.25) is 0 Å². The van der Waals surface area contributed by atoms with Crippen molar-refractivity contribution < 1.29 is 24.4 Å². The second kappa shape index (κ2) is 6.56. The molecule has 1 heterocycles. The van der Waals surface area contributed by atoms with Crippen LogP contribution in [0, 0.1) is 22.7 Å². The Morgan fingerprint density at radius 3 is 2.59 bits per heavy atom. The molecule has 1 aliphatic heterocycles. The lowest BCUT2D eigenvalue weighted by Gasteiger charge is -2.63. The van der Waals surface area contributed by atoms with Crippen LogP contribution in [0.4, 0.5) is 0 Å². The number of hydrogen-bond donors (Lipinski definition) is 2. The Morgan fingerprint density at radius 2 is 1.90 bits per heavy atom. The highest BCUT2D eigenvalue weighted by atomic mass is 16.7. The van der Waals surface area contributed by atoms with Gasteiger partial charge < -0.3 is 24.4 Å². The van der Waals surface area contributed by atoms with E-state index < -0.39 is 11.4 Å². The van der Waals surface area contributed by atoms with Gasteiger partial charge in [0, 0.05) is 18.3 Å². The van der Waals surface area contributed by atoms with E-state index in [9.17, 15) is 10.2 Å². The van der Waals surface area contributed by atoms with E-state index in [-0.39, 0.29) is 23.4 Å². The highest BCUT2D eigenvalue weighted by Crippen LogP contribution is 2.68. The molecule has 0 radical (unpaired) electrons. The summed E-state index contributed by atoms with van der Waals surface area (Å²) in [5, 5.41) is 22.1. The zero-order valence-electron chi connectivity index (χ0n) is 18.1. The first-order chi connectivity index (χ1) is 13.8. The van der Waals surface area contributed by atoms with Crippen molar-refractivity contribution in [3.8, 4) is 0 Å². The van der Waals surface area contributed by atoms with Crippen LogP contribution in [0.1, 0.15) is 65.2 Å². The molecule has 0 unspecified atom stereocenters. The molecule has 5 heteroatoms. The minimum atomic E-state index is -0.677. The van der Waals surface area contributed by atoms with Gasteiger partial charge >= 0.3 is 0 Å². The summed E-state index contributed by atoms with van der Waals surface area (Å²) in [5.74, 6) is 0.977. The molecule has 162 valence electrons. The molecular weight excluding hydrogens is 368 g/mol. The Kier molecular flexibility index (Phi) is 4.53. The maximum atomic E-state index is 12.3. The van der Waals surface area contributed by atoms with Crippen LogP contribution in [-0.2, 0) is 14.2 Å². The first-order valence-corrected chi connectivity index (χ1v) is 11.4. The fourth-order valence-electron chi connectivity index (χ4n) is 7.84. The van der Waals surface area contributed by atoms with E-state index in [0.717, 1.165) is 57.1 Å². The standard InChI is InChI=1S/C24H36O5/c1-21-8-11-24(26)18(17(21)6-7-19(21)20(15-25)27-3)5-4-16-14-23(28-12-13-29-23)10-9-22(16,24)2/h4,17-18,25-26H,5-15H2,1-3H3/t17-,18-,21-,22-,24+/m0/s1. The van der Waals surface area contributed by atoms with E-state index in [1.807, 2.05) is 0 Å². The molecule has 0 bridgehead atoms. The van der Waals surface area contributed by atoms with Crippen molar-refractivity contribution in [3.05, 3.63) is 23.0 Å². The highest BCUT2D eigenvalue weighted by Gasteiger charge is 2.66. The molecule has 0 amide bonds. The van der Waals surface area contributed by atoms with E-state index >= 15 is 0 Å². The first-order valence-electron chi connectivity index (χ1n) is 11.4. The molecule has 4 aliphatic carbocycles. The SMILES string of the molecule is COC(CO)=C1CC[C@H]2[C@@H]3CC=C4CC5(CC[C@]4(C)[C@@]3(O)CC[C@]12C)OCCO5. The van der Waals surface area contributed by atoms with Gasteiger partial charge in [-0.15, -0.1) is 0 Å². The maximum absolute atomic E-state index is 12.3. The van der Waals surface area contributed by atoms with Crippen LogP contribution in [0.3, 0.4) is 0 Å². The number of allylic oxidation sites excluding steroid dienone is 2. The number of ether oxygens (including phenoxy) is 3. The van der Waals surface area contributed by atoms with E-state index in [2.05, 4.69) is 19.9 Å². The summed E-state index contributed by atoms with van der Waals surface area (Å²) in [6.45, 7) is 5.95. The molecule has 2 N–H and O–H groups in total. The van der Waals surface area contributed by atoms with Crippen molar-refractivity contribution in [1.82, 2.24) is 0 Å². The number of hydrogen-bond acceptors (Lipinski definition) is 5. The van der Waals surface area contributed by atoms with Crippen molar-refractivity contribution in [2.45, 2.75) is 76.6 Å². The van der Waals surface area contributed by atoms with Gasteiger partial charge in [-0.1, -0.05) is 25.5 Å². The van der Waals surface area contributed by atoms with Gasteiger partial charge in [0.15, 0.2) is 5.79 Å². The van der Waals surface area contributed by atoms with Gasteiger partial charge in [-0.05, 0) is 61.3 Å². The van der Waals surface area contributed by atoms with Gasteiger partial charge in [0.1, 0.15) is 12.4 Å². The third-order valence-electron chi connectivity index (χ3n) is 9.63. The van der Waals surface area contributed by atoms with E-state index in [0.29, 0.717) is 19.1 Å². The molecule has 4 fully saturated rings. The van der Waals surface area contributed by atoms with Crippen molar-refractivity contribution in [3.63, 3.8) is 0 Å². The smallest absolute Gasteiger partial charge is 0.172 e. The third kappa shape index (κ3) is 2.54. The molecule has 0 aromatic heterocycles. The third-order valence-corrected chi connectivity index (χ3v) is 9.63. The molecule has 29 heavy (non-hydrogen) atoms. The number of fused-ring (bicyclic) bond motifs is 5. The largest absolute Gasteiger partial charge is 0.499 e. The van der Waals surface area contributed by atoms with Crippen LogP contribution in [-0.4, -0.2) is 48.5 Å². The summed E-state index contributed by atoms with van der Waals surface area (Å²) in [4.78, 5) is 0. The van der Waals surface area contributed by atoms with Crippen LogP contribution in [0.5, 0.6) is 0 Å². The predicted molar refractivity (Wildman–Crippen MR) is 109 cm³/mol. The molecule has 5 atom stereocenters. The van der Waals surface area contributed by atoms with Gasteiger partial charge in [0.25, 0.3) is 0 Å². The van der Waals surface area contributed by atoms with Crippen molar-refractivity contribution in [1.29, 1.82) is 0 Å². The molecule has 5 rings (SSSR count). The zero-order chi connectivity index (χ0) is 20.5. The molecule has 1 spiro atoms. The Bertz CT molecular complexity index is 744. The van der Waals surface area contributed by atoms with E-state index in [4.69, 9.17) is 14.2 Å². The first kappa shape index (κ1) is 20.0. The monoisotopic (exact) mass is 404 g/mol.